The van der Waals surface area contributed by atoms with Crippen LogP contribution in [0.4, 0.5) is 0 Å². The van der Waals surface area contributed by atoms with Gasteiger partial charge in [-0.15, -0.1) is 0 Å². The summed E-state index contributed by atoms with van der Waals surface area (Å²) in [7, 11) is -8.23. The summed E-state index contributed by atoms with van der Waals surface area (Å²) in [5, 5.41) is 21.1. The van der Waals surface area contributed by atoms with E-state index < -0.39 is 36.7 Å². The van der Waals surface area contributed by atoms with Crippen molar-refractivity contribution >= 4 is 20.2 Å². The molecule has 0 amide bonds. The van der Waals surface area contributed by atoms with Gasteiger partial charge in [0.1, 0.15) is 0 Å². The highest BCUT2D eigenvalue weighted by atomic mass is 32.2. The zero-order chi connectivity index (χ0) is 30.2. The second-order valence-electron chi connectivity index (χ2n) is 11.9. The number of aliphatic hydroxyl groups is 1. The molecule has 0 heterocycles. The predicted octanol–water partition coefficient (Wildman–Crippen LogP) is 5.42. The summed E-state index contributed by atoms with van der Waals surface area (Å²) in [6.07, 6.45) is 2.68. The Morgan fingerprint density at radius 3 is 1.45 bits per heavy atom. The lowest BCUT2D eigenvalue weighted by molar-refractivity contribution is -0.0622. The van der Waals surface area contributed by atoms with Crippen molar-refractivity contribution < 1.29 is 30.3 Å². The van der Waals surface area contributed by atoms with Crippen molar-refractivity contribution in [1.82, 2.24) is 0 Å². The molecule has 1 N–H and O–H groups in total. The van der Waals surface area contributed by atoms with E-state index in [0.29, 0.717) is 5.56 Å². The van der Waals surface area contributed by atoms with Gasteiger partial charge < -0.3 is 5.11 Å². The largest absolute Gasteiger partial charge is 0.385 e. The van der Waals surface area contributed by atoms with Gasteiger partial charge in [0.25, 0.3) is 20.2 Å². The molecule has 42 heavy (non-hydrogen) atoms. The standard InChI is InChI=1S/C32H35NO7S2/c1-24-3-11-28(12-4-24)41(35,36)39-22-30(23-40-42(37,38)29-13-5-25(2)6-14-29)15-19-32(34,20-16-30)27-9-7-26(8-10-27)31(21-33)17-18-31/h3-14,34H,15-20,22-23H2,1-2H3. The molecule has 0 radical (unpaired) electrons. The zero-order valence-electron chi connectivity index (χ0n) is 23.7. The summed E-state index contributed by atoms with van der Waals surface area (Å²) < 4.78 is 63.1. The normalized spacial score (nSPS) is 19.1. The molecule has 0 spiro atoms. The quantitative estimate of drug-likeness (QED) is 0.302. The van der Waals surface area contributed by atoms with E-state index >= 15 is 0 Å². The minimum atomic E-state index is -4.12. The van der Waals surface area contributed by atoms with Crippen LogP contribution in [0, 0.1) is 30.6 Å². The highest BCUT2D eigenvalue weighted by molar-refractivity contribution is 7.87. The minimum absolute atomic E-state index is 0.00894. The number of rotatable bonds is 10. The van der Waals surface area contributed by atoms with Gasteiger partial charge in [-0.1, -0.05) is 59.7 Å². The summed E-state index contributed by atoms with van der Waals surface area (Å²) in [5.74, 6) is 0. The van der Waals surface area contributed by atoms with Gasteiger partial charge in [-0.2, -0.15) is 22.1 Å². The summed E-state index contributed by atoms with van der Waals surface area (Å²) in [4.78, 5) is 0.0179. The van der Waals surface area contributed by atoms with E-state index in [2.05, 4.69) is 6.07 Å². The first kappa shape index (κ1) is 30.4. The van der Waals surface area contributed by atoms with E-state index in [4.69, 9.17) is 8.37 Å². The molecular formula is C32H35NO7S2. The topological polar surface area (TPSA) is 131 Å². The van der Waals surface area contributed by atoms with Crippen molar-refractivity contribution in [2.75, 3.05) is 13.2 Å². The number of benzene rings is 3. The van der Waals surface area contributed by atoms with Gasteiger partial charge in [0.15, 0.2) is 0 Å². The van der Waals surface area contributed by atoms with Crippen LogP contribution in [-0.2, 0) is 39.6 Å². The highest BCUT2D eigenvalue weighted by Gasteiger charge is 2.47. The molecule has 0 aliphatic heterocycles. The molecule has 0 bridgehead atoms. The Morgan fingerprint density at radius 1 is 0.667 bits per heavy atom. The second-order valence-corrected chi connectivity index (χ2v) is 15.1. The molecule has 8 nitrogen and oxygen atoms in total. The Labute approximate surface area is 248 Å². The van der Waals surface area contributed by atoms with E-state index in [1.54, 1.807) is 24.3 Å². The monoisotopic (exact) mass is 609 g/mol. The Bertz CT molecular complexity index is 1600. The predicted molar refractivity (Wildman–Crippen MR) is 156 cm³/mol. The number of hydrogen-bond donors (Lipinski definition) is 1. The Balaban J connectivity index is 1.35. The highest BCUT2D eigenvalue weighted by Crippen LogP contribution is 2.49. The van der Waals surface area contributed by atoms with Crippen molar-refractivity contribution in [3.63, 3.8) is 0 Å². The molecule has 0 atom stereocenters. The average Bonchev–Trinajstić information content (AvgIpc) is 3.79. The van der Waals surface area contributed by atoms with Crippen molar-refractivity contribution in [1.29, 1.82) is 5.26 Å². The van der Waals surface area contributed by atoms with Gasteiger partial charge in [0, 0.05) is 5.41 Å². The molecule has 2 saturated carbocycles. The van der Waals surface area contributed by atoms with Gasteiger partial charge in [0.2, 0.25) is 0 Å². The molecule has 0 unspecified atom stereocenters. The molecule has 0 saturated heterocycles. The van der Waals surface area contributed by atoms with Crippen LogP contribution >= 0.6 is 0 Å². The summed E-state index contributed by atoms with van der Waals surface area (Å²) in [6.45, 7) is 3.10. The lowest BCUT2D eigenvalue weighted by atomic mass is 9.67. The molecule has 10 heteroatoms. The Kier molecular flexibility index (Phi) is 8.11. The molecule has 3 aromatic carbocycles. The van der Waals surface area contributed by atoms with Crippen LogP contribution in [0.1, 0.15) is 60.8 Å². The van der Waals surface area contributed by atoms with Gasteiger partial charge in [-0.3, -0.25) is 8.37 Å². The fraction of sp³-hybridized carbons (Fsp3) is 0.406. The van der Waals surface area contributed by atoms with E-state index in [1.807, 2.05) is 38.1 Å². The first-order valence-electron chi connectivity index (χ1n) is 14.0. The maximum absolute atomic E-state index is 13.0. The van der Waals surface area contributed by atoms with E-state index in [9.17, 15) is 27.2 Å². The fourth-order valence-electron chi connectivity index (χ4n) is 5.45. The van der Waals surface area contributed by atoms with Crippen LogP contribution in [0.3, 0.4) is 0 Å². The maximum Gasteiger partial charge on any atom is 0.296 e. The molecular weight excluding hydrogens is 574 g/mol. The summed E-state index contributed by atoms with van der Waals surface area (Å²) >= 11 is 0. The van der Waals surface area contributed by atoms with Crippen molar-refractivity contribution in [3.8, 4) is 6.07 Å². The lowest BCUT2D eigenvalue weighted by Gasteiger charge is -2.43. The summed E-state index contributed by atoms with van der Waals surface area (Å²) in [5.41, 5.74) is 0.836. The molecule has 0 aromatic heterocycles. The number of hydrogen-bond acceptors (Lipinski definition) is 8. The van der Waals surface area contributed by atoms with Crippen LogP contribution < -0.4 is 0 Å². The second kappa shape index (κ2) is 11.2. The third-order valence-corrected chi connectivity index (χ3v) is 11.3. The number of nitriles is 1. The molecule has 2 aliphatic carbocycles. The van der Waals surface area contributed by atoms with Gasteiger partial charge in [-0.05, 0) is 87.8 Å². The maximum atomic E-state index is 13.0. The molecule has 2 aliphatic rings. The van der Waals surface area contributed by atoms with Crippen molar-refractivity contribution in [2.24, 2.45) is 5.41 Å². The minimum Gasteiger partial charge on any atom is -0.385 e. The molecule has 3 aromatic rings. The van der Waals surface area contributed by atoms with Crippen LogP contribution in [0.15, 0.2) is 82.6 Å². The van der Waals surface area contributed by atoms with Crippen LogP contribution in [0.25, 0.3) is 0 Å². The van der Waals surface area contributed by atoms with Gasteiger partial charge >= 0.3 is 0 Å². The molecule has 222 valence electrons. The molecule has 5 rings (SSSR count). The van der Waals surface area contributed by atoms with Crippen LogP contribution in [-0.4, -0.2) is 35.2 Å². The third kappa shape index (κ3) is 6.31. The average molecular weight is 610 g/mol. The first-order valence-corrected chi connectivity index (χ1v) is 16.8. The lowest BCUT2D eigenvalue weighted by Crippen LogP contribution is -2.43. The van der Waals surface area contributed by atoms with E-state index in [1.165, 1.54) is 24.3 Å². The Hall–Kier alpha value is -3.07. The van der Waals surface area contributed by atoms with E-state index in [0.717, 1.165) is 29.5 Å². The van der Waals surface area contributed by atoms with Crippen molar-refractivity contribution in [3.05, 3.63) is 95.1 Å². The fourth-order valence-corrected chi connectivity index (χ4v) is 7.47. The van der Waals surface area contributed by atoms with Gasteiger partial charge in [0.05, 0.1) is 40.1 Å². The first-order chi connectivity index (χ1) is 19.8. The Morgan fingerprint density at radius 2 is 1.07 bits per heavy atom. The number of nitrogens with zero attached hydrogens (tertiary/aromatic N) is 1. The third-order valence-electron chi connectivity index (χ3n) is 8.74. The summed E-state index contributed by atoms with van der Waals surface area (Å²) in [6, 6.07) is 22.4. The zero-order valence-corrected chi connectivity index (χ0v) is 25.4. The van der Waals surface area contributed by atoms with E-state index in [-0.39, 0.29) is 48.7 Å². The van der Waals surface area contributed by atoms with Crippen LogP contribution in [0.5, 0.6) is 0 Å². The van der Waals surface area contributed by atoms with Crippen LogP contribution in [0.2, 0.25) is 0 Å². The number of aryl methyl sites for hydroxylation is 2. The smallest absolute Gasteiger partial charge is 0.296 e. The van der Waals surface area contributed by atoms with Crippen molar-refractivity contribution in [2.45, 2.75) is 73.2 Å². The van der Waals surface area contributed by atoms with Gasteiger partial charge in [-0.25, -0.2) is 0 Å². The SMILES string of the molecule is Cc1ccc(S(=O)(=O)OCC2(COS(=O)(=O)c3ccc(C)cc3)CCC(O)(c3ccc(C4(C#N)CC4)cc3)CC2)cc1. The molecule has 2 fully saturated rings.